The molecular weight excluding hydrogens is 560 g/mol. The third-order valence-corrected chi connectivity index (χ3v) is 9.54. The third-order valence-electron chi connectivity index (χ3n) is 9.33. The van der Waals surface area contributed by atoms with Crippen LogP contribution in [0.4, 0.5) is 17.3 Å². The van der Waals surface area contributed by atoms with Gasteiger partial charge in [-0.2, -0.15) is 0 Å². The topological polar surface area (TPSA) is 90.9 Å². The highest BCUT2D eigenvalue weighted by Gasteiger charge is 2.26. The first-order valence-electron chi connectivity index (χ1n) is 15.8. The second-order valence-electron chi connectivity index (χ2n) is 12.2. The minimum atomic E-state index is 0.323. The fraction of sp³-hybridized carbons (Fsp3) is 0.594. The van der Waals surface area contributed by atoms with E-state index in [0.717, 1.165) is 91.1 Å². The molecule has 3 aromatic rings. The van der Waals surface area contributed by atoms with Crippen LogP contribution in [-0.2, 0) is 11.2 Å². The van der Waals surface area contributed by atoms with Crippen molar-refractivity contribution in [3.63, 3.8) is 0 Å². The van der Waals surface area contributed by atoms with Crippen LogP contribution >= 0.6 is 12.8 Å². The number of thiol groups is 1. The first-order valence-corrected chi connectivity index (χ1v) is 16.3. The molecule has 3 aliphatic rings. The second-order valence-corrected chi connectivity index (χ2v) is 12.4. The maximum Gasteiger partial charge on any atom is 0.164 e. The number of ether oxygens (including phenoxy) is 2. The number of piperazine rings is 1. The Kier molecular flexibility index (Phi) is 9.71. The zero-order valence-corrected chi connectivity index (χ0v) is 26.7. The SMILES string of the molecule is CCc1nc2c(NS)ncc(-c3ccc(N4CCC(CN5CCN(C)CC5)CC4)c(OC)c3)c2nc1NC1CCOCC1. The minimum Gasteiger partial charge on any atom is -0.495 e. The molecule has 2 aromatic heterocycles. The van der Waals surface area contributed by atoms with Gasteiger partial charge in [-0.05, 0) is 62.8 Å². The summed E-state index contributed by atoms with van der Waals surface area (Å²) in [6.45, 7) is 11.7. The minimum absolute atomic E-state index is 0.323. The Hall–Kier alpha value is -2.86. The van der Waals surface area contributed by atoms with Crippen LogP contribution in [0.15, 0.2) is 24.4 Å². The van der Waals surface area contributed by atoms with E-state index in [2.05, 4.69) is 74.7 Å². The fourth-order valence-corrected chi connectivity index (χ4v) is 6.79. The predicted molar refractivity (Wildman–Crippen MR) is 178 cm³/mol. The van der Waals surface area contributed by atoms with E-state index in [-0.39, 0.29) is 0 Å². The van der Waals surface area contributed by atoms with E-state index in [1.54, 1.807) is 7.11 Å². The van der Waals surface area contributed by atoms with Crippen molar-refractivity contribution in [3.05, 3.63) is 30.1 Å². The van der Waals surface area contributed by atoms with Crippen LogP contribution in [0.25, 0.3) is 22.2 Å². The molecule has 3 aliphatic heterocycles. The van der Waals surface area contributed by atoms with E-state index >= 15 is 0 Å². The largest absolute Gasteiger partial charge is 0.495 e. The van der Waals surface area contributed by atoms with Crippen molar-refractivity contribution < 1.29 is 9.47 Å². The van der Waals surface area contributed by atoms with Crippen LogP contribution in [0.5, 0.6) is 5.75 Å². The van der Waals surface area contributed by atoms with Gasteiger partial charge in [-0.1, -0.05) is 25.8 Å². The van der Waals surface area contributed by atoms with Crippen LogP contribution in [0.1, 0.15) is 38.3 Å². The number of hydrogen-bond donors (Lipinski definition) is 3. The molecule has 10 nitrogen and oxygen atoms in total. The summed E-state index contributed by atoms with van der Waals surface area (Å²) in [4.78, 5) is 22.4. The molecule has 232 valence electrons. The van der Waals surface area contributed by atoms with Gasteiger partial charge in [-0.25, -0.2) is 15.0 Å². The Morgan fingerprint density at radius 2 is 1.74 bits per heavy atom. The summed E-state index contributed by atoms with van der Waals surface area (Å²) in [7, 11) is 3.98. The number of anilines is 3. The smallest absolute Gasteiger partial charge is 0.164 e. The second kappa shape index (κ2) is 13.8. The lowest BCUT2D eigenvalue weighted by Gasteiger charge is -2.39. The molecule has 0 unspecified atom stereocenters. The van der Waals surface area contributed by atoms with Gasteiger partial charge in [0.25, 0.3) is 0 Å². The van der Waals surface area contributed by atoms with Crippen molar-refractivity contribution in [1.82, 2.24) is 24.8 Å². The zero-order valence-electron chi connectivity index (χ0n) is 25.8. The number of aryl methyl sites for hydroxylation is 1. The molecule has 3 saturated heterocycles. The van der Waals surface area contributed by atoms with Gasteiger partial charge >= 0.3 is 0 Å². The van der Waals surface area contributed by atoms with E-state index in [4.69, 9.17) is 19.4 Å². The van der Waals surface area contributed by atoms with E-state index in [0.29, 0.717) is 17.4 Å². The Morgan fingerprint density at radius 1 is 0.977 bits per heavy atom. The summed E-state index contributed by atoms with van der Waals surface area (Å²) in [6.07, 6.45) is 6.96. The lowest BCUT2D eigenvalue weighted by Crippen LogP contribution is -2.47. The first kappa shape index (κ1) is 30.2. The first-order chi connectivity index (χ1) is 21.1. The Balaban J connectivity index is 1.24. The van der Waals surface area contributed by atoms with Crippen molar-refractivity contribution in [2.75, 3.05) is 88.1 Å². The molecule has 0 saturated carbocycles. The lowest BCUT2D eigenvalue weighted by atomic mass is 9.95. The van der Waals surface area contributed by atoms with Gasteiger partial charge in [-0.15, -0.1) is 0 Å². The van der Waals surface area contributed by atoms with Gasteiger partial charge in [0.2, 0.25) is 0 Å². The highest BCUT2D eigenvalue weighted by Crippen LogP contribution is 2.38. The molecule has 0 spiro atoms. The van der Waals surface area contributed by atoms with Crippen LogP contribution in [0.2, 0.25) is 0 Å². The zero-order chi connectivity index (χ0) is 29.8. The standard InChI is InChI=1S/C32H46N8O2S/c1-4-26-31(34-24-9-17-42-18-10-24)36-29-25(20-33-32(37-43)30(29)35-26)23-5-6-27(28(19-23)41-3)40-11-7-22(8-12-40)21-39-15-13-38(2)14-16-39/h5-6,19-20,22,24,43H,4,7-18,21H2,1-3H3,(H,33,37)(H,34,36). The molecule has 1 aromatic carbocycles. The number of rotatable bonds is 9. The number of nitrogens with one attached hydrogen (secondary N) is 2. The number of likely N-dealkylation sites (N-methyl/N-ethyl adjacent to an activating group) is 1. The summed E-state index contributed by atoms with van der Waals surface area (Å²) < 4.78 is 14.5. The maximum absolute atomic E-state index is 5.98. The summed E-state index contributed by atoms with van der Waals surface area (Å²) >= 11 is 4.31. The molecular formula is C32H46N8O2S. The molecule has 11 heteroatoms. The van der Waals surface area contributed by atoms with E-state index in [1.165, 1.54) is 45.6 Å². The molecule has 5 heterocycles. The molecule has 2 N–H and O–H groups in total. The number of aromatic nitrogens is 3. The van der Waals surface area contributed by atoms with Crippen molar-refractivity contribution >= 4 is 41.2 Å². The summed E-state index contributed by atoms with van der Waals surface area (Å²) in [5.41, 5.74) is 5.50. The highest BCUT2D eigenvalue weighted by molar-refractivity contribution is 7.81. The van der Waals surface area contributed by atoms with Crippen molar-refractivity contribution in [2.24, 2.45) is 5.92 Å². The number of fused-ring (bicyclic) bond motifs is 1. The van der Waals surface area contributed by atoms with Gasteiger partial charge in [0.1, 0.15) is 22.6 Å². The molecule has 0 atom stereocenters. The Morgan fingerprint density at radius 3 is 2.44 bits per heavy atom. The van der Waals surface area contributed by atoms with E-state index in [1.807, 2.05) is 6.20 Å². The van der Waals surface area contributed by atoms with Gasteiger partial charge in [0.05, 0.1) is 18.5 Å². The number of benzene rings is 1. The maximum atomic E-state index is 5.98. The molecule has 3 fully saturated rings. The number of pyridine rings is 1. The average Bonchev–Trinajstić information content (AvgIpc) is 3.05. The summed E-state index contributed by atoms with van der Waals surface area (Å²) in [5, 5.41) is 3.66. The van der Waals surface area contributed by atoms with Gasteiger partial charge in [0, 0.05) is 76.8 Å². The van der Waals surface area contributed by atoms with E-state index < -0.39 is 0 Å². The monoisotopic (exact) mass is 606 g/mol. The van der Waals surface area contributed by atoms with Crippen molar-refractivity contribution in [2.45, 2.75) is 45.1 Å². The number of piperidine rings is 1. The number of hydrogen-bond acceptors (Lipinski definition) is 11. The van der Waals surface area contributed by atoms with Crippen LogP contribution in [0, 0.1) is 5.92 Å². The Labute approximate surface area is 261 Å². The molecule has 0 radical (unpaired) electrons. The van der Waals surface area contributed by atoms with Crippen molar-refractivity contribution in [3.8, 4) is 16.9 Å². The number of nitrogens with zero attached hydrogens (tertiary/aromatic N) is 6. The van der Waals surface area contributed by atoms with Crippen molar-refractivity contribution in [1.29, 1.82) is 0 Å². The van der Waals surface area contributed by atoms with Crippen LogP contribution in [-0.4, -0.2) is 104 Å². The Bertz CT molecular complexity index is 1390. The summed E-state index contributed by atoms with van der Waals surface area (Å²) in [6, 6.07) is 6.81. The molecule has 0 aliphatic carbocycles. The van der Waals surface area contributed by atoms with Crippen LogP contribution in [0.3, 0.4) is 0 Å². The molecule has 43 heavy (non-hydrogen) atoms. The number of methoxy groups -OCH3 is 1. The van der Waals surface area contributed by atoms with E-state index in [9.17, 15) is 0 Å². The van der Waals surface area contributed by atoms with Crippen LogP contribution < -0.4 is 19.7 Å². The van der Waals surface area contributed by atoms with Gasteiger partial charge in [0.15, 0.2) is 5.82 Å². The van der Waals surface area contributed by atoms with Gasteiger partial charge < -0.3 is 34.2 Å². The molecule has 0 amide bonds. The summed E-state index contributed by atoms with van der Waals surface area (Å²) in [5.74, 6) is 3.07. The third kappa shape index (κ3) is 6.79. The molecule has 0 bridgehead atoms. The molecule has 6 rings (SSSR count). The lowest BCUT2D eigenvalue weighted by molar-refractivity contribution is 0.0903. The average molecular weight is 607 g/mol. The fourth-order valence-electron chi connectivity index (χ4n) is 6.62. The highest BCUT2D eigenvalue weighted by atomic mass is 32.1. The quantitative estimate of drug-likeness (QED) is 0.301. The van der Waals surface area contributed by atoms with Gasteiger partial charge in [-0.3, -0.25) is 0 Å². The predicted octanol–water partition coefficient (Wildman–Crippen LogP) is 4.57. The normalized spacial score (nSPS) is 19.6.